The van der Waals surface area contributed by atoms with Gasteiger partial charge in [0.15, 0.2) is 5.78 Å². The van der Waals surface area contributed by atoms with Gasteiger partial charge >= 0.3 is 0 Å². The zero-order chi connectivity index (χ0) is 18.8. The van der Waals surface area contributed by atoms with Crippen molar-refractivity contribution in [2.45, 2.75) is 42.7 Å². The standard InChI is InChI=1S/C23H27NO2S/c1-27-20-8-6-16(7-9-20)23(26)17-10-12-24(13-11-17)21-14-18-4-2-3-5-19(18)15-22(21)25/h2-9,17,21-22,25H,10-15H2,1H3/t21?,22-/m1/s1. The van der Waals surface area contributed by atoms with Crippen molar-refractivity contribution in [3.8, 4) is 0 Å². The molecule has 1 saturated heterocycles. The second kappa shape index (κ2) is 8.17. The normalized spacial score (nSPS) is 23.8. The molecule has 142 valence electrons. The van der Waals surface area contributed by atoms with E-state index in [0.29, 0.717) is 0 Å². The van der Waals surface area contributed by atoms with Gasteiger partial charge in [0, 0.05) is 28.8 Å². The highest BCUT2D eigenvalue weighted by Crippen LogP contribution is 2.29. The van der Waals surface area contributed by atoms with Crippen LogP contribution in [0.2, 0.25) is 0 Å². The number of benzene rings is 2. The molecule has 0 aromatic heterocycles. The first-order valence-electron chi connectivity index (χ1n) is 9.83. The molecule has 0 bridgehead atoms. The molecule has 0 amide bonds. The third-order valence-corrected chi connectivity index (χ3v) is 6.91. The van der Waals surface area contributed by atoms with Gasteiger partial charge in [-0.2, -0.15) is 0 Å². The molecule has 1 unspecified atom stereocenters. The lowest BCUT2D eigenvalue weighted by molar-refractivity contribution is 0.0239. The van der Waals surface area contributed by atoms with E-state index in [1.165, 1.54) is 16.0 Å². The molecule has 2 aliphatic rings. The van der Waals surface area contributed by atoms with Gasteiger partial charge in [-0.25, -0.2) is 0 Å². The number of carbonyl (C=O) groups excluding carboxylic acids is 1. The molecule has 1 heterocycles. The molecule has 3 nitrogen and oxygen atoms in total. The van der Waals surface area contributed by atoms with Gasteiger partial charge < -0.3 is 5.11 Å². The van der Waals surface area contributed by atoms with E-state index in [-0.39, 0.29) is 23.8 Å². The van der Waals surface area contributed by atoms with Gasteiger partial charge in [-0.3, -0.25) is 9.69 Å². The van der Waals surface area contributed by atoms with Crippen LogP contribution in [0.4, 0.5) is 0 Å². The summed E-state index contributed by atoms with van der Waals surface area (Å²) >= 11 is 1.69. The van der Waals surface area contributed by atoms with Crippen LogP contribution < -0.4 is 0 Å². The molecule has 2 aromatic rings. The Morgan fingerprint density at radius 3 is 2.26 bits per heavy atom. The highest BCUT2D eigenvalue weighted by Gasteiger charge is 2.35. The van der Waals surface area contributed by atoms with Crippen LogP contribution >= 0.6 is 11.8 Å². The minimum absolute atomic E-state index is 0.106. The molecule has 4 rings (SSSR count). The van der Waals surface area contributed by atoms with Crippen molar-refractivity contribution in [2.75, 3.05) is 19.3 Å². The van der Waals surface area contributed by atoms with Gasteiger partial charge in [-0.15, -0.1) is 11.8 Å². The van der Waals surface area contributed by atoms with E-state index >= 15 is 0 Å². The Labute approximate surface area is 165 Å². The van der Waals surface area contributed by atoms with E-state index in [4.69, 9.17) is 0 Å². The van der Waals surface area contributed by atoms with Crippen LogP contribution in [0, 0.1) is 5.92 Å². The Morgan fingerprint density at radius 2 is 1.63 bits per heavy atom. The van der Waals surface area contributed by atoms with Gasteiger partial charge in [0.25, 0.3) is 0 Å². The van der Waals surface area contributed by atoms with E-state index in [1.807, 2.05) is 30.5 Å². The number of piperidine rings is 1. The number of ketones is 1. The summed E-state index contributed by atoms with van der Waals surface area (Å²) in [6, 6.07) is 16.6. The Bertz CT molecular complexity index is 796. The van der Waals surface area contributed by atoms with Crippen LogP contribution in [0.25, 0.3) is 0 Å². The summed E-state index contributed by atoms with van der Waals surface area (Å²) in [4.78, 5) is 16.4. The Hall–Kier alpha value is -1.62. The monoisotopic (exact) mass is 381 g/mol. The topological polar surface area (TPSA) is 40.5 Å². The molecule has 0 saturated carbocycles. The molecule has 1 fully saturated rings. The lowest BCUT2D eigenvalue weighted by Gasteiger charge is -2.41. The number of likely N-dealkylation sites (tertiary alicyclic amines) is 1. The zero-order valence-electron chi connectivity index (χ0n) is 15.8. The number of aliphatic hydroxyl groups excluding tert-OH is 1. The van der Waals surface area contributed by atoms with Gasteiger partial charge in [0.1, 0.15) is 0 Å². The third-order valence-electron chi connectivity index (χ3n) is 6.16. The van der Waals surface area contributed by atoms with Crippen molar-refractivity contribution in [2.24, 2.45) is 5.92 Å². The number of rotatable bonds is 4. The molecule has 0 radical (unpaired) electrons. The predicted molar refractivity (Wildman–Crippen MR) is 110 cm³/mol. The largest absolute Gasteiger partial charge is 0.391 e. The van der Waals surface area contributed by atoms with Gasteiger partial charge in [0.05, 0.1) is 6.10 Å². The Balaban J connectivity index is 1.38. The van der Waals surface area contributed by atoms with Crippen molar-refractivity contribution in [3.63, 3.8) is 0 Å². The van der Waals surface area contributed by atoms with Crippen LogP contribution in [0.5, 0.6) is 0 Å². The van der Waals surface area contributed by atoms with Crippen LogP contribution in [0.3, 0.4) is 0 Å². The van der Waals surface area contributed by atoms with E-state index < -0.39 is 0 Å². The second-order valence-corrected chi connectivity index (χ2v) is 8.59. The number of nitrogens with zero attached hydrogens (tertiary/aromatic N) is 1. The van der Waals surface area contributed by atoms with Crippen LogP contribution in [-0.2, 0) is 12.8 Å². The minimum atomic E-state index is -0.314. The second-order valence-electron chi connectivity index (χ2n) is 7.71. The number of hydrogen-bond donors (Lipinski definition) is 1. The van der Waals surface area contributed by atoms with Gasteiger partial charge in [0.2, 0.25) is 0 Å². The molecular formula is C23H27NO2S. The third kappa shape index (κ3) is 3.98. The quantitative estimate of drug-likeness (QED) is 0.645. The summed E-state index contributed by atoms with van der Waals surface area (Å²) < 4.78 is 0. The van der Waals surface area contributed by atoms with Gasteiger partial charge in [-0.05, 0) is 61.9 Å². The van der Waals surface area contributed by atoms with Crippen LogP contribution in [0.15, 0.2) is 53.4 Å². The molecule has 27 heavy (non-hydrogen) atoms. The van der Waals surface area contributed by atoms with Crippen molar-refractivity contribution >= 4 is 17.5 Å². The fourth-order valence-electron chi connectivity index (χ4n) is 4.54. The highest BCUT2D eigenvalue weighted by molar-refractivity contribution is 7.98. The molecule has 1 aliphatic carbocycles. The molecular weight excluding hydrogens is 354 g/mol. The van der Waals surface area contributed by atoms with Crippen molar-refractivity contribution in [1.29, 1.82) is 0 Å². The number of hydrogen-bond acceptors (Lipinski definition) is 4. The van der Waals surface area contributed by atoms with Crippen molar-refractivity contribution in [1.82, 2.24) is 4.90 Å². The average Bonchev–Trinajstić information content (AvgIpc) is 2.73. The van der Waals surface area contributed by atoms with E-state index in [0.717, 1.165) is 44.3 Å². The molecule has 1 aliphatic heterocycles. The number of thioether (sulfide) groups is 1. The average molecular weight is 382 g/mol. The first-order valence-corrected chi connectivity index (χ1v) is 11.1. The van der Waals surface area contributed by atoms with E-state index in [9.17, 15) is 9.90 Å². The van der Waals surface area contributed by atoms with Gasteiger partial charge in [-0.1, -0.05) is 36.4 Å². The summed E-state index contributed by atoms with van der Waals surface area (Å²) in [6.45, 7) is 1.78. The fourth-order valence-corrected chi connectivity index (χ4v) is 4.94. The van der Waals surface area contributed by atoms with Crippen molar-refractivity contribution < 1.29 is 9.90 Å². The van der Waals surface area contributed by atoms with Crippen LogP contribution in [0.1, 0.15) is 34.3 Å². The SMILES string of the molecule is CSc1ccc(C(=O)C2CCN(C3Cc4ccccc4C[C@H]3O)CC2)cc1. The smallest absolute Gasteiger partial charge is 0.166 e. The number of aliphatic hydroxyl groups is 1. The number of carbonyl (C=O) groups is 1. The van der Waals surface area contributed by atoms with Crippen molar-refractivity contribution in [3.05, 3.63) is 65.2 Å². The van der Waals surface area contributed by atoms with E-state index in [1.54, 1.807) is 11.8 Å². The Kier molecular flexibility index (Phi) is 5.67. The molecule has 0 spiro atoms. The first kappa shape index (κ1) is 18.7. The lowest BCUT2D eigenvalue weighted by atomic mass is 9.83. The Morgan fingerprint density at radius 1 is 1.00 bits per heavy atom. The summed E-state index contributed by atoms with van der Waals surface area (Å²) in [5, 5.41) is 10.7. The van der Waals surface area contributed by atoms with E-state index in [2.05, 4.69) is 29.2 Å². The summed E-state index contributed by atoms with van der Waals surface area (Å²) in [5.41, 5.74) is 3.47. The summed E-state index contributed by atoms with van der Waals surface area (Å²) in [7, 11) is 0. The molecule has 2 aromatic carbocycles. The molecule has 4 heteroatoms. The zero-order valence-corrected chi connectivity index (χ0v) is 16.6. The maximum Gasteiger partial charge on any atom is 0.166 e. The lowest BCUT2D eigenvalue weighted by Crippen LogP contribution is -2.51. The maximum absolute atomic E-state index is 12.8. The van der Waals surface area contributed by atoms with Crippen LogP contribution in [-0.4, -0.2) is 47.3 Å². The maximum atomic E-state index is 12.8. The fraction of sp³-hybridized carbons (Fsp3) is 0.435. The minimum Gasteiger partial charge on any atom is -0.391 e. The highest BCUT2D eigenvalue weighted by atomic mass is 32.2. The summed E-state index contributed by atoms with van der Waals surface area (Å²) in [6.07, 6.45) is 5.14. The first-order chi connectivity index (χ1) is 13.2. The summed E-state index contributed by atoms with van der Waals surface area (Å²) in [5.74, 6) is 0.381. The molecule has 1 N–H and O–H groups in total. The molecule has 2 atom stereocenters. The predicted octanol–water partition coefficient (Wildman–Crippen LogP) is 3.83. The number of Topliss-reactive ketones (excluding diaryl/α,β-unsaturated/α-hetero) is 1. The number of fused-ring (bicyclic) bond motifs is 1.